The summed E-state index contributed by atoms with van der Waals surface area (Å²) in [6.45, 7) is 0. The second-order valence-electron chi connectivity index (χ2n) is 13.0. The van der Waals surface area contributed by atoms with Gasteiger partial charge in [0, 0.05) is 27.6 Å². The van der Waals surface area contributed by atoms with Gasteiger partial charge in [0.25, 0.3) is 0 Å². The zero-order valence-corrected chi connectivity index (χ0v) is 27.6. The Morgan fingerprint density at radius 1 is 0.353 bits per heavy atom. The first kappa shape index (κ1) is 29.1. The average Bonchev–Trinajstić information content (AvgIpc) is 3.65. The Morgan fingerprint density at radius 2 is 0.980 bits per heavy atom. The van der Waals surface area contributed by atoms with Gasteiger partial charge >= 0.3 is 0 Å². The highest BCUT2D eigenvalue weighted by Gasteiger charge is 2.20. The number of furan rings is 1. The normalized spacial score (nSPS) is 11.5. The third-order valence-electron chi connectivity index (χ3n) is 9.90. The van der Waals surface area contributed by atoms with Gasteiger partial charge in [-0.05, 0) is 67.7 Å². The third-order valence-corrected chi connectivity index (χ3v) is 9.90. The first-order chi connectivity index (χ1) is 25.3. The van der Waals surface area contributed by atoms with E-state index in [0.717, 1.165) is 72.1 Å². The molecule has 51 heavy (non-hydrogen) atoms. The molecule has 0 unspecified atom stereocenters. The average molecular weight is 651 g/mol. The van der Waals surface area contributed by atoms with Crippen LogP contribution in [0.1, 0.15) is 0 Å². The molecule has 10 aromatic rings. The van der Waals surface area contributed by atoms with E-state index < -0.39 is 0 Å². The van der Waals surface area contributed by atoms with Crippen LogP contribution in [0.2, 0.25) is 0 Å². The fourth-order valence-electron chi connectivity index (χ4n) is 7.41. The summed E-state index contributed by atoms with van der Waals surface area (Å²) < 4.78 is 6.41. The molecule has 0 spiro atoms. The number of fused-ring (bicyclic) bond motifs is 5. The van der Waals surface area contributed by atoms with Crippen LogP contribution in [0, 0.1) is 0 Å². The number of nitrogens with zero attached hydrogens (tertiary/aromatic N) is 2. The van der Waals surface area contributed by atoms with Crippen molar-refractivity contribution in [2.45, 2.75) is 0 Å². The van der Waals surface area contributed by atoms with Crippen LogP contribution in [-0.2, 0) is 0 Å². The highest BCUT2D eigenvalue weighted by atomic mass is 16.3. The SMILES string of the molecule is c1ccc(-c2ccc(-c3cc(-c4ccccc4-c4cc5ccccc5o4)nc(-c4c5ccccc5cc5c4ccc4ccccc45)n3)cc2)cc1. The molecule has 0 aliphatic heterocycles. The van der Waals surface area contributed by atoms with Gasteiger partial charge in [0.2, 0.25) is 0 Å². The Morgan fingerprint density at radius 3 is 1.80 bits per heavy atom. The van der Waals surface area contributed by atoms with Crippen molar-refractivity contribution in [1.29, 1.82) is 0 Å². The summed E-state index contributed by atoms with van der Waals surface area (Å²) in [6.07, 6.45) is 0. The molecular formula is C48H30N2O. The van der Waals surface area contributed by atoms with Crippen LogP contribution >= 0.6 is 0 Å². The first-order valence-electron chi connectivity index (χ1n) is 17.2. The van der Waals surface area contributed by atoms with Gasteiger partial charge in [0.1, 0.15) is 11.3 Å². The van der Waals surface area contributed by atoms with Crippen molar-refractivity contribution >= 4 is 43.3 Å². The van der Waals surface area contributed by atoms with Gasteiger partial charge in [-0.15, -0.1) is 0 Å². The number of rotatable bonds is 5. The Labute approximate surface area is 295 Å². The highest BCUT2D eigenvalue weighted by Crippen LogP contribution is 2.41. The van der Waals surface area contributed by atoms with E-state index in [2.05, 4.69) is 158 Å². The minimum atomic E-state index is 0.686. The lowest BCUT2D eigenvalue weighted by molar-refractivity contribution is 0.632. The molecule has 2 aromatic heterocycles. The number of benzene rings is 8. The molecule has 238 valence electrons. The van der Waals surface area contributed by atoms with Gasteiger partial charge in [-0.3, -0.25) is 0 Å². The molecular weight excluding hydrogens is 621 g/mol. The fourth-order valence-corrected chi connectivity index (χ4v) is 7.41. The summed E-state index contributed by atoms with van der Waals surface area (Å²) in [5.41, 5.74) is 8.92. The molecule has 0 saturated heterocycles. The summed E-state index contributed by atoms with van der Waals surface area (Å²) in [7, 11) is 0. The van der Waals surface area contributed by atoms with E-state index in [9.17, 15) is 0 Å². The molecule has 8 aromatic carbocycles. The van der Waals surface area contributed by atoms with Crippen molar-refractivity contribution in [3.63, 3.8) is 0 Å². The maximum absolute atomic E-state index is 6.41. The van der Waals surface area contributed by atoms with Crippen LogP contribution in [0.25, 0.3) is 99.6 Å². The van der Waals surface area contributed by atoms with Crippen LogP contribution in [-0.4, -0.2) is 9.97 Å². The Kier molecular flexibility index (Phi) is 6.81. The molecule has 0 atom stereocenters. The first-order valence-corrected chi connectivity index (χ1v) is 17.2. The van der Waals surface area contributed by atoms with Crippen molar-refractivity contribution in [1.82, 2.24) is 9.97 Å². The summed E-state index contributed by atoms with van der Waals surface area (Å²) in [4.78, 5) is 10.8. The molecule has 0 aliphatic carbocycles. The van der Waals surface area contributed by atoms with Crippen molar-refractivity contribution in [3.05, 3.63) is 182 Å². The second-order valence-corrected chi connectivity index (χ2v) is 13.0. The largest absolute Gasteiger partial charge is 0.456 e. The van der Waals surface area contributed by atoms with Crippen LogP contribution in [0.5, 0.6) is 0 Å². The summed E-state index contributed by atoms with van der Waals surface area (Å²) in [6, 6.07) is 63.8. The van der Waals surface area contributed by atoms with Gasteiger partial charge in [0.15, 0.2) is 5.82 Å². The standard InChI is InChI=1S/C48H30N2O/c1-2-12-31(13-3-1)32-22-24-34(25-23-32)43-30-44(39-19-9-10-20-40(39)46-29-36-16-6-11-21-45(36)51-46)50-48(49-43)47-38-18-8-5-15-35(38)28-42-37-17-7-4-14-33(37)26-27-41(42)47/h1-30H. The molecule has 0 bridgehead atoms. The molecule has 0 radical (unpaired) electrons. The predicted octanol–water partition coefficient (Wildman–Crippen LogP) is 13.0. The van der Waals surface area contributed by atoms with Crippen LogP contribution in [0.3, 0.4) is 0 Å². The Bertz CT molecular complexity index is 2870. The molecule has 0 aliphatic rings. The molecule has 0 fully saturated rings. The van der Waals surface area contributed by atoms with Crippen LogP contribution < -0.4 is 0 Å². The predicted molar refractivity (Wildman–Crippen MR) is 212 cm³/mol. The summed E-state index contributed by atoms with van der Waals surface area (Å²) >= 11 is 0. The summed E-state index contributed by atoms with van der Waals surface area (Å²) in [5, 5.41) is 8.08. The van der Waals surface area contributed by atoms with Crippen molar-refractivity contribution in [2.75, 3.05) is 0 Å². The van der Waals surface area contributed by atoms with Gasteiger partial charge in [-0.2, -0.15) is 0 Å². The zero-order valence-electron chi connectivity index (χ0n) is 27.6. The lowest BCUT2D eigenvalue weighted by Crippen LogP contribution is -1.98. The molecule has 10 rings (SSSR count). The quantitative estimate of drug-likeness (QED) is 0.137. The van der Waals surface area contributed by atoms with E-state index in [1.165, 1.54) is 21.7 Å². The van der Waals surface area contributed by atoms with E-state index in [-0.39, 0.29) is 0 Å². The maximum atomic E-state index is 6.41. The van der Waals surface area contributed by atoms with Crippen molar-refractivity contribution in [2.24, 2.45) is 0 Å². The van der Waals surface area contributed by atoms with Crippen LogP contribution in [0.4, 0.5) is 0 Å². The smallest absolute Gasteiger partial charge is 0.161 e. The van der Waals surface area contributed by atoms with Crippen molar-refractivity contribution in [3.8, 4) is 56.4 Å². The third kappa shape index (κ3) is 5.06. The molecule has 0 amide bonds. The number of hydrogen-bond donors (Lipinski definition) is 0. The Hall–Kier alpha value is -6.84. The van der Waals surface area contributed by atoms with E-state index in [1.807, 2.05) is 24.3 Å². The highest BCUT2D eigenvalue weighted by molar-refractivity contribution is 6.19. The lowest BCUT2D eigenvalue weighted by Gasteiger charge is -2.16. The van der Waals surface area contributed by atoms with Gasteiger partial charge in [-0.25, -0.2) is 9.97 Å². The number of aromatic nitrogens is 2. The van der Waals surface area contributed by atoms with E-state index in [4.69, 9.17) is 14.4 Å². The molecule has 0 saturated carbocycles. The zero-order chi connectivity index (χ0) is 33.7. The van der Waals surface area contributed by atoms with Crippen molar-refractivity contribution < 1.29 is 4.42 Å². The second kappa shape index (κ2) is 11.9. The molecule has 3 heteroatoms. The van der Waals surface area contributed by atoms with Gasteiger partial charge in [-0.1, -0.05) is 158 Å². The fraction of sp³-hybridized carbons (Fsp3) is 0. The molecule has 0 N–H and O–H groups in total. The van der Waals surface area contributed by atoms with Gasteiger partial charge < -0.3 is 4.42 Å². The Balaban J connectivity index is 1.24. The van der Waals surface area contributed by atoms with Gasteiger partial charge in [0.05, 0.1) is 11.4 Å². The monoisotopic (exact) mass is 650 g/mol. The number of hydrogen-bond acceptors (Lipinski definition) is 3. The maximum Gasteiger partial charge on any atom is 0.161 e. The van der Waals surface area contributed by atoms with E-state index in [1.54, 1.807) is 0 Å². The van der Waals surface area contributed by atoms with E-state index >= 15 is 0 Å². The number of para-hydroxylation sites is 1. The minimum absolute atomic E-state index is 0.686. The molecule has 2 heterocycles. The summed E-state index contributed by atoms with van der Waals surface area (Å²) in [5.74, 6) is 1.49. The minimum Gasteiger partial charge on any atom is -0.456 e. The lowest BCUT2D eigenvalue weighted by atomic mass is 9.92. The topological polar surface area (TPSA) is 38.9 Å². The van der Waals surface area contributed by atoms with Crippen LogP contribution in [0.15, 0.2) is 186 Å². The molecule has 3 nitrogen and oxygen atoms in total. The van der Waals surface area contributed by atoms with E-state index in [0.29, 0.717) is 5.82 Å².